The Morgan fingerprint density at radius 1 is 1.71 bits per heavy atom. The summed E-state index contributed by atoms with van der Waals surface area (Å²) >= 11 is 0. The smallest absolute Gasteiger partial charge is 0.190 e. The number of amidine groups is 1. The highest BCUT2D eigenvalue weighted by Gasteiger charge is 2.26. The van der Waals surface area contributed by atoms with Crippen molar-refractivity contribution in [2.24, 2.45) is 10.9 Å². The molecule has 3 N–H and O–H groups in total. The lowest BCUT2D eigenvalue weighted by Crippen LogP contribution is -2.31. The molecule has 1 aliphatic rings. The number of rotatable bonds is 3. The minimum Gasteiger partial charge on any atom is -0.409 e. The average molecular weight is 234 g/mol. The molecule has 17 heavy (non-hydrogen) atoms. The summed E-state index contributed by atoms with van der Waals surface area (Å²) in [4.78, 5) is 6.51. The maximum absolute atomic E-state index is 8.78. The number of nitrogens with two attached hydrogens (primary N) is 1. The first-order chi connectivity index (χ1) is 8.27. The molecule has 5 heteroatoms. The van der Waals surface area contributed by atoms with Gasteiger partial charge in [-0.1, -0.05) is 12.1 Å². The highest BCUT2D eigenvalue weighted by molar-refractivity contribution is 6.00. The first kappa shape index (κ1) is 11.7. The van der Waals surface area contributed by atoms with Crippen molar-refractivity contribution in [1.82, 2.24) is 4.98 Å². The zero-order chi connectivity index (χ0) is 12.3. The Kier molecular flexibility index (Phi) is 3.46. The summed E-state index contributed by atoms with van der Waals surface area (Å²) in [6.45, 7) is 3.19. The van der Waals surface area contributed by atoms with E-state index in [1.54, 1.807) is 6.20 Å². The van der Waals surface area contributed by atoms with Crippen molar-refractivity contribution in [2.45, 2.75) is 32.2 Å². The second-order valence-corrected chi connectivity index (χ2v) is 4.25. The Labute approximate surface area is 101 Å². The zero-order valence-corrected chi connectivity index (χ0v) is 10.0. The lowest BCUT2D eigenvalue weighted by molar-refractivity contribution is 0.318. The summed E-state index contributed by atoms with van der Waals surface area (Å²) in [6.07, 6.45) is 5.14. The van der Waals surface area contributed by atoms with Gasteiger partial charge in [0.05, 0.1) is 5.69 Å². The fourth-order valence-electron chi connectivity index (χ4n) is 2.45. The quantitative estimate of drug-likeness (QED) is 0.360. The van der Waals surface area contributed by atoms with Crippen LogP contribution in [-0.4, -0.2) is 28.6 Å². The van der Waals surface area contributed by atoms with Gasteiger partial charge in [-0.2, -0.15) is 0 Å². The summed E-state index contributed by atoms with van der Waals surface area (Å²) in [7, 11) is 0. The van der Waals surface area contributed by atoms with Crippen LogP contribution in [0.2, 0.25) is 0 Å². The van der Waals surface area contributed by atoms with E-state index >= 15 is 0 Å². The third-order valence-electron chi connectivity index (χ3n) is 3.29. The van der Waals surface area contributed by atoms with Crippen molar-refractivity contribution >= 4 is 11.5 Å². The van der Waals surface area contributed by atoms with Gasteiger partial charge in [0, 0.05) is 18.8 Å². The van der Waals surface area contributed by atoms with Gasteiger partial charge in [0.15, 0.2) is 5.84 Å². The largest absolute Gasteiger partial charge is 0.409 e. The fourth-order valence-corrected chi connectivity index (χ4v) is 2.45. The topological polar surface area (TPSA) is 74.7 Å². The molecule has 0 aromatic carbocycles. The van der Waals surface area contributed by atoms with Crippen molar-refractivity contribution in [3.8, 4) is 0 Å². The Morgan fingerprint density at radius 3 is 3.24 bits per heavy atom. The van der Waals surface area contributed by atoms with Crippen molar-refractivity contribution in [1.29, 1.82) is 0 Å². The highest BCUT2D eigenvalue weighted by Crippen LogP contribution is 2.28. The molecule has 1 aliphatic heterocycles. The van der Waals surface area contributed by atoms with Crippen molar-refractivity contribution in [2.75, 3.05) is 11.4 Å². The van der Waals surface area contributed by atoms with Crippen molar-refractivity contribution in [3.05, 3.63) is 24.0 Å². The number of hydrogen-bond donors (Lipinski definition) is 2. The molecule has 1 fully saturated rings. The second-order valence-electron chi connectivity index (χ2n) is 4.25. The van der Waals surface area contributed by atoms with E-state index in [-0.39, 0.29) is 5.84 Å². The Morgan fingerprint density at radius 2 is 2.53 bits per heavy atom. The standard InChI is InChI=1S/C12H18N4O/c1-2-9-5-4-8-16(9)10-6-3-7-14-11(10)12(13)15-17/h3,6-7,9,17H,2,4-5,8H2,1H3,(H2,13,15). The minimum absolute atomic E-state index is 0.0716. The highest BCUT2D eigenvalue weighted by atomic mass is 16.4. The monoisotopic (exact) mass is 234 g/mol. The molecule has 1 atom stereocenters. The van der Waals surface area contributed by atoms with Gasteiger partial charge >= 0.3 is 0 Å². The van der Waals surface area contributed by atoms with E-state index in [9.17, 15) is 0 Å². The van der Waals surface area contributed by atoms with E-state index in [1.165, 1.54) is 12.8 Å². The maximum Gasteiger partial charge on any atom is 0.190 e. The Balaban J connectivity index is 2.38. The first-order valence-electron chi connectivity index (χ1n) is 5.97. The van der Waals surface area contributed by atoms with Crippen LogP contribution in [0.3, 0.4) is 0 Å². The summed E-state index contributed by atoms with van der Waals surface area (Å²) in [6, 6.07) is 4.40. The third kappa shape index (κ3) is 2.18. The molecule has 1 aromatic heterocycles. The van der Waals surface area contributed by atoms with E-state index in [0.29, 0.717) is 11.7 Å². The minimum atomic E-state index is 0.0716. The molecule has 0 aliphatic carbocycles. The van der Waals surface area contributed by atoms with E-state index in [1.807, 2.05) is 12.1 Å². The van der Waals surface area contributed by atoms with Gasteiger partial charge < -0.3 is 15.8 Å². The molecular formula is C12H18N4O. The fraction of sp³-hybridized carbons (Fsp3) is 0.500. The molecule has 1 aromatic rings. The van der Waals surface area contributed by atoms with Gasteiger partial charge in [0.25, 0.3) is 0 Å². The van der Waals surface area contributed by atoms with Crippen LogP contribution in [0.5, 0.6) is 0 Å². The summed E-state index contributed by atoms with van der Waals surface area (Å²) in [5, 5.41) is 11.8. The molecular weight excluding hydrogens is 216 g/mol. The summed E-state index contributed by atoms with van der Waals surface area (Å²) < 4.78 is 0. The van der Waals surface area contributed by atoms with E-state index in [0.717, 1.165) is 18.7 Å². The van der Waals surface area contributed by atoms with Crippen LogP contribution in [0.4, 0.5) is 5.69 Å². The van der Waals surface area contributed by atoms with Crippen LogP contribution in [0.25, 0.3) is 0 Å². The normalized spacial score (nSPS) is 20.9. The third-order valence-corrected chi connectivity index (χ3v) is 3.29. The van der Waals surface area contributed by atoms with Gasteiger partial charge in [0.2, 0.25) is 0 Å². The summed E-state index contributed by atoms with van der Waals surface area (Å²) in [5.74, 6) is 0.0716. The van der Waals surface area contributed by atoms with E-state index < -0.39 is 0 Å². The van der Waals surface area contributed by atoms with E-state index in [2.05, 4.69) is 22.0 Å². The zero-order valence-electron chi connectivity index (χ0n) is 10.0. The first-order valence-corrected chi connectivity index (χ1v) is 5.97. The maximum atomic E-state index is 8.78. The van der Waals surface area contributed by atoms with Gasteiger partial charge in [-0.25, -0.2) is 0 Å². The Hall–Kier alpha value is -1.78. The van der Waals surface area contributed by atoms with Crippen LogP contribution in [-0.2, 0) is 0 Å². The molecule has 0 saturated carbocycles. The van der Waals surface area contributed by atoms with Crippen LogP contribution in [0.15, 0.2) is 23.5 Å². The number of pyridine rings is 1. The molecule has 92 valence electrons. The number of aromatic nitrogens is 1. The number of nitrogens with zero attached hydrogens (tertiary/aromatic N) is 3. The molecule has 2 rings (SSSR count). The SMILES string of the molecule is CCC1CCCN1c1cccnc1/C(N)=N/O. The molecule has 0 radical (unpaired) electrons. The van der Waals surface area contributed by atoms with Gasteiger partial charge in [-0.15, -0.1) is 0 Å². The van der Waals surface area contributed by atoms with Gasteiger partial charge in [0.1, 0.15) is 5.69 Å². The molecule has 0 spiro atoms. The predicted octanol–water partition coefficient (Wildman–Crippen LogP) is 1.55. The Bertz CT molecular complexity index is 419. The molecule has 2 heterocycles. The van der Waals surface area contributed by atoms with Crippen LogP contribution in [0.1, 0.15) is 31.9 Å². The second kappa shape index (κ2) is 5.03. The number of oxime groups is 1. The molecule has 0 bridgehead atoms. The van der Waals surface area contributed by atoms with Crippen LogP contribution < -0.4 is 10.6 Å². The lowest BCUT2D eigenvalue weighted by atomic mass is 10.1. The van der Waals surface area contributed by atoms with Gasteiger partial charge in [-0.3, -0.25) is 4.98 Å². The van der Waals surface area contributed by atoms with Crippen LogP contribution >= 0.6 is 0 Å². The van der Waals surface area contributed by atoms with E-state index in [4.69, 9.17) is 10.9 Å². The molecule has 1 unspecified atom stereocenters. The molecule has 0 amide bonds. The van der Waals surface area contributed by atoms with Crippen LogP contribution in [0, 0.1) is 0 Å². The number of anilines is 1. The molecule has 1 saturated heterocycles. The van der Waals surface area contributed by atoms with Crippen molar-refractivity contribution in [3.63, 3.8) is 0 Å². The average Bonchev–Trinajstić information content (AvgIpc) is 2.86. The summed E-state index contributed by atoms with van der Waals surface area (Å²) in [5.41, 5.74) is 7.19. The predicted molar refractivity (Wildman–Crippen MR) is 67.4 cm³/mol. The van der Waals surface area contributed by atoms with Gasteiger partial charge in [-0.05, 0) is 31.4 Å². The lowest BCUT2D eigenvalue weighted by Gasteiger charge is -2.27. The molecule has 5 nitrogen and oxygen atoms in total. The number of hydrogen-bond acceptors (Lipinski definition) is 4. The van der Waals surface area contributed by atoms with Crippen molar-refractivity contribution < 1.29 is 5.21 Å².